The first-order valence-electron chi connectivity index (χ1n) is 9.25. The Hall–Kier alpha value is -2.19. The molecule has 1 N–H and O–H groups in total. The first-order chi connectivity index (χ1) is 12.1. The summed E-state index contributed by atoms with van der Waals surface area (Å²) < 4.78 is 0. The molecule has 0 amide bonds. The zero-order chi connectivity index (χ0) is 17.9. The lowest BCUT2D eigenvalue weighted by Gasteiger charge is -2.33. The molecule has 0 radical (unpaired) electrons. The molecule has 2 aromatic rings. The summed E-state index contributed by atoms with van der Waals surface area (Å²) >= 11 is 0. The monoisotopic (exact) mass is 334 g/mol. The van der Waals surface area contributed by atoms with Gasteiger partial charge in [0.1, 0.15) is 5.60 Å². The van der Waals surface area contributed by atoms with Gasteiger partial charge >= 0.3 is 0 Å². The number of carbonyl (C=O) groups is 1. The van der Waals surface area contributed by atoms with E-state index in [4.69, 9.17) is 0 Å². The van der Waals surface area contributed by atoms with Crippen LogP contribution in [0.15, 0.2) is 66.2 Å². The van der Waals surface area contributed by atoms with Crippen molar-refractivity contribution < 1.29 is 9.90 Å². The number of benzene rings is 2. The quantitative estimate of drug-likeness (QED) is 0.795. The third-order valence-electron chi connectivity index (χ3n) is 5.15. The summed E-state index contributed by atoms with van der Waals surface area (Å²) in [5.41, 5.74) is 2.12. The molecule has 2 heteroatoms. The molecule has 0 heterocycles. The molecule has 0 aliphatic heterocycles. The topological polar surface area (TPSA) is 37.3 Å². The van der Waals surface area contributed by atoms with Crippen LogP contribution in [0.5, 0.6) is 0 Å². The summed E-state index contributed by atoms with van der Waals surface area (Å²) in [5, 5.41) is 12.0. The van der Waals surface area contributed by atoms with Crippen molar-refractivity contribution in [1.82, 2.24) is 0 Å². The van der Waals surface area contributed by atoms with Crippen molar-refractivity contribution in [3.05, 3.63) is 77.4 Å². The summed E-state index contributed by atoms with van der Waals surface area (Å²) in [6, 6.07) is 19.6. The maximum absolute atomic E-state index is 13.2. The average molecular weight is 334 g/mol. The number of carbonyl (C=O) groups excluding carboxylic acids is 1. The molecular weight excluding hydrogens is 308 g/mol. The van der Waals surface area contributed by atoms with Crippen molar-refractivity contribution in [2.24, 2.45) is 5.92 Å². The lowest BCUT2D eigenvalue weighted by molar-refractivity contribution is -0.124. The molecule has 2 nitrogen and oxygen atoms in total. The highest BCUT2D eigenvalue weighted by molar-refractivity contribution is 6.11. The van der Waals surface area contributed by atoms with Gasteiger partial charge in [0.25, 0.3) is 0 Å². The minimum Gasteiger partial charge on any atom is -0.380 e. The summed E-state index contributed by atoms with van der Waals surface area (Å²) in [4.78, 5) is 13.2. The number of rotatable bonds is 6. The van der Waals surface area contributed by atoms with Crippen LogP contribution in [-0.2, 0) is 10.4 Å². The Morgan fingerprint density at radius 3 is 2.08 bits per heavy atom. The maximum Gasteiger partial charge on any atom is 0.165 e. The third kappa shape index (κ3) is 2.96. The predicted octanol–water partition coefficient (Wildman–Crippen LogP) is 5.13. The fourth-order valence-corrected chi connectivity index (χ4v) is 4.09. The van der Waals surface area contributed by atoms with Crippen LogP contribution in [0.4, 0.5) is 0 Å². The summed E-state index contributed by atoms with van der Waals surface area (Å²) in [7, 11) is 0. The van der Waals surface area contributed by atoms with E-state index in [1.54, 1.807) is 0 Å². The van der Waals surface area contributed by atoms with Crippen molar-refractivity contribution in [3.8, 4) is 0 Å². The molecule has 130 valence electrons. The fraction of sp³-hybridized carbons (Fsp3) is 0.348. The number of allylic oxidation sites excluding steroid dienone is 1. The standard InChI is InChI=1S/C23H26O2/c1-3-11-19-21(17-13-7-5-8-14-17)23(25,18-15-9-6-10-16-18)20(12-4-2)22(19)24/h5-10,13-16,20,25H,3-4,11-12H2,1-2H3/t20-,23+/m1/s1. The molecule has 0 bridgehead atoms. The first-order valence-corrected chi connectivity index (χ1v) is 9.25. The second-order valence-electron chi connectivity index (χ2n) is 6.81. The first kappa shape index (κ1) is 17.6. The van der Waals surface area contributed by atoms with Gasteiger partial charge in [0.15, 0.2) is 5.78 Å². The van der Waals surface area contributed by atoms with Crippen LogP contribution in [-0.4, -0.2) is 10.9 Å². The van der Waals surface area contributed by atoms with E-state index in [0.29, 0.717) is 12.8 Å². The molecule has 1 aliphatic rings. The van der Waals surface area contributed by atoms with Gasteiger partial charge in [0.05, 0.1) is 5.92 Å². The van der Waals surface area contributed by atoms with E-state index >= 15 is 0 Å². The largest absolute Gasteiger partial charge is 0.380 e. The van der Waals surface area contributed by atoms with Crippen LogP contribution < -0.4 is 0 Å². The molecule has 2 aromatic carbocycles. The molecule has 25 heavy (non-hydrogen) atoms. The van der Waals surface area contributed by atoms with Gasteiger partial charge in [-0.3, -0.25) is 4.79 Å². The van der Waals surface area contributed by atoms with Crippen molar-refractivity contribution in [3.63, 3.8) is 0 Å². The van der Waals surface area contributed by atoms with Gasteiger partial charge in [-0.2, -0.15) is 0 Å². The Morgan fingerprint density at radius 1 is 0.920 bits per heavy atom. The SMILES string of the molecule is CCCC1=C(c2ccccc2)[C@](O)(c2ccccc2)[C@H](CCC)C1=O. The normalized spacial score (nSPS) is 23.3. The highest BCUT2D eigenvalue weighted by Crippen LogP contribution is 2.52. The number of aliphatic hydroxyl groups is 1. The van der Waals surface area contributed by atoms with Crippen LogP contribution in [0.3, 0.4) is 0 Å². The van der Waals surface area contributed by atoms with Crippen LogP contribution in [0, 0.1) is 5.92 Å². The Balaban J connectivity index is 2.27. The second-order valence-corrected chi connectivity index (χ2v) is 6.81. The Morgan fingerprint density at radius 2 is 1.52 bits per heavy atom. The maximum atomic E-state index is 13.2. The van der Waals surface area contributed by atoms with Crippen molar-refractivity contribution in [2.45, 2.75) is 45.1 Å². The van der Waals surface area contributed by atoms with Gasteiger partial charge in [0.2, 0.25) is 0 Å². The smallest absolute Gasteiger partial charge is 0.165 e. The molecule has 0 aromatic heterocycles. The molecule has 0 fully saturated rings. The van der Waals surface area contributed by atoms with E-state index < -0.39 is 11.5 Å². The molecule has 1 aliphatic carbocycles. The highest BCUT2D eigenvalue weighted by Gasteiger charge is 2.52. The second kappa shape index (κ2) is 7.37. The van der Waals surface area contributed by atoms with Crippen molar-refractivity contribution in [1.29, 1.82) is 0 Å². The average Bonchev–Trinajstić information content (AvgIpc) is 2.86. The molecule has 2 atom stereocenters. The minimum absolute atomic E-state index is 0.119. The van der Waals surface area contributed by atoms with Crippen LogP contribution in [0.2, 0.25) is 0 Å². The molecular formula is C23H26O2. The lowest BCUT2D eigenvalue weighted by atomic mass is 9.75. The van der Waals surface area contributed by atoms with Gasteiger partial charge < -0.3 is 5.11 Å². The number of ketones is 1. The molecule has 0 saturated carbocycles. The van der Waals surface area contributed by atoms with E-state index in [0.717, 1.165) is 35.1 Å². The highest BCUT2D eigenvalue weighted by atomic mass is 16.3. The van der Waals surface area contributed by atoms with Gasteiger partial charge in [-0.25, -0.2) is 0 Å². The predicted molar refractivity (Wildman–Crippen MR) is 102 cm³/mol. The van der Waals surface area contributed by atoms with E-state index in [2.05, 4.69) is 13.8 Å². The van der Waals surface area contributed by atoms with E-state index in [1.165, 1.54) is 0 Å². The zero-order valence-electron chi connectivity index (χ0n) is 15.0. The summed E-state index contributed by atoms with van der Waals surface area (Å²) in [5.74, 6) is -0.287. The Labute approximate surface area is 150 Å². The van der Waals surface area contributed by atoms with E-state index in [9.17, 15) is 9.90 Å². The molecule has 3 rings (SSSR count). The molecule has 0 unspecified atom stereocenters. The molecule has 0 saturated heterocycles. The van der Waals surface area contributed by atoms with Crippen LogP contribution in [0.1, 0.15) is 50.7 Å². The summed E-state index contributed by atoms with van der Waals surface area (Å²) in [6.45, 7) is 4.15. The number of hydrogen-bond acceptors (Lipinski definition) is 2. The molecule has 0 spiro atoms. The third-order valence-corrected chi connectivity index (χ3v) is 5.15. The Kier molecular flexibility index (Phi) is 5.19. The van der Waals surface area contributed by atoms with Gasteiger partial charge in [-0.05, 0) is 24.0 Å². The van der Waals surface area contributed by atoms with Crippen molar-refractivity contribution in [2.75, 3.05) is 0 Å². The fourth-order valence-electron chi connectivity index (χ4n) is 4.09. The number of hydrogen-bond donors (Lipinski definition) is 1. The van der Waals surface area contributed by atoms with E-state index in [1.807, 2.05) is 60.7 Å². The zero-order valence-corrected chi connectivity index (χ0v) is 15.0. The number of Topliss-reactive ketones (excluding diaryl/α,β-unsaturated/α-hetero) is 1. The Bertz CT molecular complexity index is 761. The van der Waals surface area contributed by atoms with Crippen LogP contribution in [0.25, 0.3) is 5.57 Å². The minimum atomic E-state index is -1.25. The van der Waals surface area contributed by atoms with Gasteiger partial charge in [-0.1, -0.05) is 87.4 Å². The van der Waals surface area contributed by atoms with E-state index in [-0.39, 0.29) is 5.78 Å². The summed E-state index contributed by atoms with van der Waals surface area (Å²) in [6.07, 6.45) is 3.15. The van der Waals surface area contributed by atoms with Crippen molar-refractivity contribution >= 4 is 11.4 Å². The van der Waals surface area contributed by atoms with Gasteiger partial charge in [0, 0.05) is 11.1 Å². The van der Waals surface area contributed by atoms with Crippen LogP contribution >= 0.6 is 0 Å². The van der Waals surface area contributed by atoms with Gasteiger partial charge in [-0.15, -0.1) is 0 Å². The lowest BCUT2D eigenvalue weighted by Crippen LogP contribution is -2.35.